The van der Waals surface area contributed by atoms with Crippen LogP contribution in [0.2, 0.25) is 5.02 Å². The largest absolute Gasteiger partial charge is 0.493 e. The summed E-state index contributed by atoms with van der Waals surface area (Å²) in [6, 6.07) is 12.8. The Balaban J connectivity index is 2.27. The second-order valence-corrected chi connectivity index (χ2v) is 5.64. The number of methoxy groups -OCH3 is 1. The van der Waals surface area contributed by atoms with Gasteiger partial charge in [0.15, 0.2) is 11.5 Å². The lowest BCUT2D eigenvalue weighted by Gasteiger charge is -2.10. The first kappa shape index (κ1) is 20.0. The standard InChI is InChI=1S/C20H16ClNO5/c1-3-26-19(23)15(12-22)9-13-7-8-17(18(10-13)25-2)27-20(24)14-5-4-6-16(21)11-14/h4-11H,3H2,1-2H3/b15-9+. The van der Waals surface area contributed by atoms with Crippen molar-refractivity contribution < 1.29 is 23.8 Å². The molecule has 6 nitrogen and oxygen atoms in total. The number of benzene rings is 2. The molecular weight excluding hydrogens is 370 g/mol. The van der Waals surface area contributed by atoms with E-state index < -0.39 is 11.9 Å². The highest BCUT2D eigenvalue weighted by Gasteiger charge is 2.14. The number of rotatable bonds is 6. The van der Waals surface area contributed by atoms with Gasteiger partial charge in [0, 0.05) is 5.02 Å². The number of halogens is 1. The fourth-order valence-corrected chi connectivity index (χ4v) is 2.34. The number of esters is 2. The molecule has 0 radical (unpaired) electrons. The first-order valence-corrected chi connectivity index (χ1v) is 8.31. The quantitative estimate of drug-likeness (QED) is 0.323. The number of hydrogen-bond donors (Lipinski definition) is 0. The number of hydrogen-bond acceptors (Lipinski definition) is 6. The van der Waals surface area contributed by atoms with Gasteiger partial charge in [-0.3, -0.25) is 0 Å². The van der Waals surface area contributed by atoms with Crippen LogP contribution in [0.3, 0.4) is 0 Å². The highest BCUT2D eigenvalue weighted by molar-refractivity contribution is 6.30. The summed E-state index contributed by atoms with van der Waals surface area (Å²) in [7, 11) is 1.41. The van der Waals surface area contributed by atoms with Gasteiger partial charge < -0.3 is 14.2 Å². The van der Waals surface area contributed by atoms with E-state index in [4.69, 9.17) is 31.1 Å². The SMILES string of the molecule is CCOC(=O)/C(C#N)=C/c1ccc(OC(=O)c2cccc(Cl)c2)c(OC)c1. The summed E-state index contributed by atoms with van der Waals surface area (Å²) >= 11 is 5.88. The molecule has 0 fully saturated rings. The van der Waals surface area contributed by atoms with Crippen molar-refractivity contribution in [3.8, 4) is 17.6 Å². The van der Waals surface area contributed by atoms with Gasteiger partial charge in [0.2, 0.25) is 0 Å². The molecule has 0 spiro atoms. The lowest BCUT2D eigenvalue weighted by Crippen LogP contribution is -2.09. The molecule has 0 aromatic heterocycles. The highest BCUT2D eigenvalue weighted by Crippen LogP contribution is 2.30. The van der Waals surface area contributed by atoms with Crippen molar-refractivity contribution in [1.29, 1.82) is 5.26 Å². The van der Waals surface area contributed by atoms with Gasteiger partial charge in [-0.05, 0) is 48.9 Å². The molecule has 7 heteroatoms. The van der Waals surface area contributed by atoms with Gasteiger partial charge in [-0.15, -0.1) is 0 Å². The maximum atomic E-state index is 12.3. The number of carbonyl (C=O) groups is 2. The molecule has 2 aromatic carbocycles. The van der Waals surface area contributed by atoms with Crippen LogP contribution in [-0.4, -0.2) is 25.7 Å². The number of carbonyl (C=O) groups excluding carboxylic acids is 2. The summed E-state index contributed by atoms with van der Waals surface area (Å²) < 4.78 is 15.4. The maximum absolute atomic E-state index is 12.3. The fraction of sp³-hybridized carbons (Fsp3) is 0.150. The Morgan fingerprint density at radius 3 is 2.59 bits per heavy atom. The summed E-state index contributed by atoms with van der Waals surface area (Å²) in [6.07, 6.45) is 1.36. The Labute approximate surface area is 161 Å². The van der Waals surface area contributed by atoms with Crippen LogP contribution in [0.25, 0.3) is 6.08 Å². The Morgan fingerprint density at radius 2 is 1.96 bits per heavy atom. The topological polar surface area (TPSA) is 85.6 Å². The molecule has 0 amide bonds. The van der Waals surface area contributed by atoms with E-state index in [2.05, 4.69) is 0 Å². The van der Waals surface area contributed by atoms with Crippen molar-refractivity contribution in [1.82, 2.24) is 0 Å². The zero-order chi connectivity index (χ0) is 19.8. The predicted molar refractivity (Wildman–Crippen MR) is 99.6 cm³/mol. The number of nitriles is 1. The van der Waals surface area contributed by atoms with Crippen molar-refractivity contribution in [2.24, 2.45) is 0 Å². The summed E-state index contributed by atoms with van der Waals surface area (Å²) in [4.78, 5) is 24.0. The van der Waals surface area contributed by atoms with Crippen LogP contribution in [-0.2, 0) is 9.53 Å². The van der Waals surface area contributed by atoms with Gasteiger partial charge in [0.25, 0.3) is 0 Å². The van der Waals surface area contributed by atoms with Crippen molar-refractivity contribution in [3.05, 3.63) is 64.2 Å². The van der Waals surface area contributed by atoms with Gasteiger partial charge in [0.05, 0.1) is 19.3 Å². The van der Waals surface area contributed by atoms with Crippen LogP contribution in [0.15, 0.2) is 48.0 Å². The molecule has 138 valence electrons. The molecule has 0 heterocycles. The Bertz CT molecular complexity index is 930. The van der Waals surface area contributed by atoms with Gasteiger partial charge in [-0.25, -0.2) is 9.59 Å². The maximum Gasteiger partial charge on any atom is 0.348 e. The lowest BCUT2D eigenvalue weighted by atomic mass is 10.1. The average Bonchev–Trinajstić information content (AvgIpc) is 2.67. The third kappa shape index (κ3) is 5.33. The Hall–Kier alpha value is -3.30. The molecule has 0 atom stereocenters. The van der Waals surface area contributed by atoms with E-state index in [0.29, 0.717) is 16.1 Å². The van der Waals surface area contributed by atoms with Gasteiger partial charge in [0.1, 0.15) is 11.6 Å². The molecular formula is C20H16ClNO5. The van der Waals surface area contributed by atoms with Crippen molar-refractivity contribution in [2.75, 3.05) is 13.7 Å². The fourth-order valence-electron chi connectivity index (χ4n) is 2.14. The summed E-state index contributed by atoms with van der Waals surface area (Å²) in [5.74, 6) is -0.853. The van der Waals surface area contributed by atoms with E-state index in [1.54, 1.807) is 37.3 Å². The number of nitrogens with zero attached hydrogens (tertiary/aromatic N) is 1. The molecule has 0 unspecified atom stereocenters. The second-order valence-electron chi connectivity index (χ2n) is 5.20. The molecule has 0 aliphatic carbocycles. The molecule has 2 aromatic rings. The van der Waals surface area contributed by atoms with Gasteiger partial charge >= 0.3 is 11.9 Å². The van der Waals surface area contributed by atoms with E-state index in [0.717, 1.165) is 0 Å². The zero-order valence-electron chi connectivity index (χ0n) is 14.7. The molecule has 0 N–H and O–H groups in total. The van der Waals surface area contributed by atoms with E-state index in [9.17, 15) is 9.59 Å². The van der Waals surface area contributed by atoms with Crippen LogP contribution in [0.1, 0.15) is 22.8 Å². The van der Waals surface area contributed by atoms with Crippen molar-refractivity contribution in [2.45, 2.75) is 6.92 Å². The third-order valence-corrected chi connectivity index (χ3v) is 3.61. The van der Waals surface area contributed by atoms with E-state index in [1.165, 1.54) is 31.4 Å². The smallest absolute Gasteiger partial charge is 0.348 e. The summed E-state index contributed by atoms with van der Waals surface area (Å²) in [6.45, 7) is 1.82. The predicted octanol–water partition coefficient (Wildman–Crippen LogP) is 4.04. The first-order chi connectivity index (χ1) is 13.0. The van der Waals surface area contributed by atoms with Crippen LogP contribution < -0.4 is 9.47 Å². The molecule has 0 aliphatic rings. The molecule has 0 bridgehead atoms. The van der Waals surface area contributed by atoms with Crippen molar-refractivity contribution >= 4 is 29.6 Å². The minimum absolute atomic E-state index is 0.150. The van der Waals surface area contributed by atoms with E-state index >= 15 is 0 Å². The van der Waals surface area contributed by atoms with Crippen LogP contribution in [0.5, 0.6) is 11.5 Å². The Morgan fingerprint density at radius 1 is 1.19 bits per heavy atom. The summed E-state index contributed by atoms with van der Waals surface area (Å²) in [5.41, 5.74) is 0.657. The van der Waals surface area contributed by atoms with Crippen molar-refractivity contribution in [3.63, 3.8) is 0 Å². The highest BCUT2D eigenvalue weighted by atomic mass is 35.5. The van der Waals surface area contributed by atoms with Gasteiger partial charge in [-0.2, -0.15) is 5.26 Å². The first-order valence-electron chi connectivity index (χ1n) is 7.93. The van der Waals surface area contributed by atoms with Crippen LogP contribution in [0.4, 0.5) is 0 Å². The minimum atomic E-state index is -0.713. The van der Waals surface area contributed by atoms with Crippen LogP contribution >= 0.6 is 11.6 Å². The molecule has 0 aliphatic heterocycles. The van der Waals surface area contributed by atoms with E-state index in [1.807, 2.05) is 0 Å². The molecule has 27 heavy (non-hydrogen) atoms. The normalized spacial score (nSPS) is 10.7. The molecule has 0 saturated carbocycles. The zero-order valence-corrected chi connectivity index (χ0v) is 15.4. The number of ether oxygens (including phenoxy) is 3. The van der Waals surface area contributed by atoms with E-state index in [-0.39, 0.29) is 23.7 Å². The second kappa shape index (κ2) is 9.41. The molecule has 0 saturated heterocycles. The monoisotopic (exact) mass is 385 g/mol. The third-order valence-electron chi connectivity index (χ3n) is 3.38. The Kier molecular flexibility index (Phi) is 6.98. The molecule has 2 rings (SSSR count). The van der Waals surface area contributed by atoms with Gasteiger partial charge in [-0.1, -0.05) is 23.7 Å². The minimum Gasteiger partial charge on any atom is -0.493 e. The lowest BCUT2D eigenvalue weighted by molar-refractivity contribution is -0.137. The van der Waals surface area contributed by atoms with Crippen LogP contribution in [0, 0.1) is 11.3 Å². The summed E-state index contributed by atoms with van der Waals surface area (Å²) in [5, 5.41) is 9.52. The average molecular weight is 386 g/mol.